The van der Waals surface area contributed by atoms with Gasteiger partial charge in [0.05, 0.1) is 18.7 Å². The molecule has 0 bridgehead atoms. The number of phenolic OH excluding ortho intramolecular Hbond substituents is 1. The van der Waals surface area contributed by atoms with Crippen LogP contribution in [0.5, 0.6) is 5.75 Å². The molecule has 0 aliphatic rings. The van der Waals surface area contributed by atoms with Crippen LogP contribution in [0.1, 0.15) is 10.4 Å². The highest BCUT2D eigenvalue weighted by atomic mass is 35.5. The largest absolute Gasteiger partial charge is 0.506 e. The number of hydrogen-bond donors (Lipinski definition) is 3. The third kappa shape index (κ3) is 3.84. The molecule has 5 nitrogen and oxygen atoms in total. The molecule has 7 heteroatoms. The van der Waals surface area contributed by atoms with Crippen molar-refractivity contribution in [1.29, 1.82) is 0 Å². The summed E-state index contributed by atoms with van der Waals surface area (Å²) in [6.45, 7) is 0.467. The number of anilines is 1. The van der Waals surface area contributed by atoms with Gasteiger partial charge in [0.1, 0.15) is 5.75 Å². The van der Waals surface area contributed by atoms with Crippen molar-refractivity contribution in [3.05, 3.63) is 39.3 Å². The minimum Gasteiger partial charge on any atom is -0.506 e. The number of phenols is 1. The molecule has 0 aliphatic heterocycles. The molecule has 1 aromatic carbocycles. The number of hydrogen-bond acceptors (Lipinski definition) is 5. The Bertz CT molecular complexity index is 600. The fraction of sp³-hybridized carbons (Fsp3) is 0.167. The lowest BCUT2D eigenvalue weighted by atomic mass is 10.1. The Morgan fingerprint density at radius 2 is 2.26 bits per heavy atom. The summed E-state index contributed by atoms with van der Waals surface area (Å²) in [7, 11) is 0. The molecule has 0 saturated heterocycles. The molecule has 1 aromatic heterocycles. The van der Waals surface area contributed by atoms with Crippen LogP contribution >= 0.6 is 22.9 Å². The van der Waals surface area contributed by atoms with Crippen LogP contribution in [0, 0.1) is 0 Å². The number of aromatic hydroxyl groups is 1. The highest BCUT2D eigenvalue weighted by molar-refractivity contribution is 7.15. The molecule has 0 aliphatic carbocycles. The van der Waals surface area contributed by atoms with Crippen molar-refractivity contribution >= 4 is 34.6 Å². The van der Waals surface area contributed by atoms with Gasteiger partial charge in [-0.2, -0.15) is 0 Å². The van der Waals surface area contributed by atoms with Crippen molar-refractivity contribution in [2.45, 2.75) is 13.0 Å². The fourth-order valence-electron chi connectivity index (χ4n) is 1.56. The average Bonchev–Trinajstić information content (AvgIpc) is 2.75. The Labute approximate surface area is 118 Å². The number of nitrogens with one attached hydrogen (secondary N) is 1. The van der Waals surface area contributed by atoms with Crippen LogP contribution in [0.15, 0.2) is 24.4 Å². The summed E-state index contributed by atoms with van der Waals surface area (Å²) in [6, 6.07) is 4.67. The average molecular weight is 299 g/mol. The predicted molar refractivity (Wildman–Crippen MR) is 73.9 cm³/mol. The molecule has 0 saturated carbocycles. The Kier molecular flexibility index (Phi) is 4.24. The molecule has 19 heavy (non-hydrogen) atoms. The molecule has 0 amide bonds. The van der Waals surface area contributed by atoms with Gasteiger partial charge >= 0.3 is 5.97 Å². The summed E-state index contributed by atoms with van der Waals surface area (Å²) in [5, 5.41) is 21.5. The first-order chi connectivity index (χ1) is 9.04. The Morgan fingerprint density at radius 1 is 1.47 bits per heavy atom. The van der Waals surface area contributed by atoms with Gasteiger partial charge in [-0.25, -0.2) is 4.98 Å². The van der Waals surface area contributed by atoms with Crippen LogP contribution in [0.25, 0.3) is 0 Å². The van der Waals surface area contributed by atoms with Gasteiger partial charge < -0.3 is 15.5 Å². The van der Waals surface area contributed by atoms with Crippen LogP contribution < -0.4 is 5.32 Å². The lowest BCUT2D eigenvalue weighted by molar-refractivity contribution is -0.136. The molecular weight excluding hydrogens is 288 g/mol. The fourth-order valence-corrected chi connectivity index (χ4v) is 2.47. The van der Waals surface area contributed by atoms with Crippen LogP contribution in [-0.4, -0.2) is 21.2 Å². The zero-order valence-electron chi connectivity index (χ0n) is 9.76. The quantitative estimate of drug-likeness (QED) is 0.739. The second-order valence-corrected chi connectivity index (χ2v) is 5.55. The van der Waals surface area contributed by atoms with Crippen molar-refractivity contribution in [2.24, 2.45) is 0 Å². The molecule has 0 fully saturated rings. The summed E-state index contributed by atoms with van der Waals surface area (Å²) in [5.74, 6) is -0.837. The highest BCUT2D eigenvalue weighted by Gasteiger charge is 2.06. The van der Waals surface area contributed by atoms with Crippen LogP contribution in [0.3, 0.4) is 0 Å². The third-order valence-corrected chi connectivity index (χ3v) is 3.51. The van der Waals surface area contributed by atoms with Crippen molar-refractivity contribution in [3.8, 4) is 5.75 Å². The van der Waals surface area contributed by atoms with Gasteiger partial charge in [0.15, 0.2) is 4.47 Å². The van der Waals surface area contributed by atoms with Crippen molar-refractivity contribution < 1.29 is 15.0 Å². The lowest BCUT2D eigenvalue weighted by Crippen LogP contribution is -2.02. The first kappa shape index (κ1) is 13.6. The number of benzene rings is 1. The van der Waals surface area contributed by atoms with E-state index in [0.29, 0.717) is 22.3 Å². The van der Waals surface area contributed by atoms with Crippen molar-refractivity contribution in [3.63, 3.8) is 0 Å². The molecule has 2 rings (SSSR count). The minimum atomic E-state index is -0.911. The summed E-state index contributed by atoms with van der Waals surface area (Å²) in [4.78, 5) is 15.5. The van der Waals surface area contributed by atoms with E-state index in [9.17, 15) is 9.90 Å². The van der Waals surface area contributed by atoms with E-state index in [0.717, 1.165) is 4.88 Å². The standard InChI is InChI=1S/C12H11ClN2O3S/c13-12-15-6-8(19-12)5-14-9-3-7(4-11(17)18)1-2-10(9)16/h1-3,6,14,16H,4-5H2,(H,17,18). The van der Waals surface area contributed by atoms with E-state index in [1.165, 1.54) is 17.4 Å². The number of aromatic nitrogens is 1. The first-order valence-electron chi connectivity index (χ1n) is 5.42. The lowest BCUT2D eigenvalue weighted by Gasteiger charge is -2.08. The van der Waals surface area contributed by atoms with E-state index in [4.69, 9.17) is 16.7 Å². The number of aliphatic carboxylic acids is 1. The van der Waals surface area contributed by atoms with Gasteiger partial charge in [0.25, 0.3) is 0 Å². The van der Waals surface area contributed by atoms with Gasteiger partial charge in [-0.05, 0) is 17.7 Å². The van der Waals surface area contributed by atoms with Gasteiger partial charge in [-0.3, -0.25) is 4.79 Å². The Balaban J connectivity index is 2.08. The molecule has 0 radical (unpaired) electrons. The van der Waals surface area contributed by atoms with Crippen LogP contribution in [0.2, 0.25) is 4.47 Å². The van der Waals surface area contributed by atoms with Crippen LogP contribution in [0.4, 0.5) is 5.69 Å². The van der Waals surface area contributed by atoms with E-state index < -0.39 is 5.97 Å². The zero-order valence-corrected chi connectivity index (χ0v) is 11.3. The summed E-state index contributed by atoms with van der Waals surface area (Å²) in [6.07, 6.45) is 1.57. The van der Waals surface area contributed by atoms with Crippen LogP contribution in [-0.2, 0) is 17.8 Å². The van der Waals surface area contributed by atoms with E-state index >= 15 is 0 Å². The SMILES string of the molecule is O=C(O)Cc1ccc(O)c(NCc2cnc(Cl)s2)c1. The molecule has 1 heterocycles. The molecule has 100 valence electrons. The number of thiazole rings is 1. The number of halogens is 1. The molecule has 2 aromatic rings. The monoisotopic (exact) mass is 298 g/mol. The topological polar surface area (TPSA) is 82.5 Å². The Morgan fingerprint density at radius 3 is 2.89 bits per heavy atom. The van der Waals surface area contributed by atoms with Gasteiger partial charge in [-0.15, -0.1) is 11.3 Å². The normalized spacial score (nSPS) is 10.4. The summed E-state index contributed by atoms with van der Waals surface area (Å²) in [5.41, 5.74) is 1.11. The molecule has 0 atom stereocenters. The number of nitrogens with zero attached hydrogens (tertiary/aromatic N) is 1. The van der Waals surface area contributed by atoms with E-state index in [1.807, 2.05) is 0 Å². The maximum atomic E-state index is 10.6. The molecular formula is C12H11ClN2O3S. The van der Waals surface area contributed by atoms with Crippen molar-refractivity contribution in [1.82, 2.24) is 4.98 Å². The highest BCUT2D eigenvalue weighted by Crippen LogP contribution is 2.26. The van der Waals surface area contributed by atoms with E-state index in [1.54, 1.807) is 18.3 Å². The molecule has 0 spiro atoms. The Hall–Kier alpha value is -1.79. The van der Waals surface area contributed by atoms with Crippen molar-refractivity contribution in [2.75, 3.05) is 5.32 Å². The summed E-state index contributed by atoms with van der Waals surface area (Å²) < 4.78 is 0.459. The van der Waals surface area contributed by atoms with Gasteiger partial charge in [0, 0.05) is 11.1 Å². The third-order valence-electron chi connectivity index (χ3n) is 2.39. The first-order valence-corrected chi connectivity index (χ1v) is 6.62. The van der Waals surface area contributed by atoms with E-state index in [-0.39, 0.29) is 12.2 Å². The number of carboxylic acids is 1. The second-order valence-electron chi connectivity index (χ2n) is 3.86. The predicted octanol–water partition coefficient (Wildman–Crippen LogP) is 2.74. The smallest absolute Gasteiger partial charge is 0.307 e. The molecule has 0 unspecified atom stereocenters. The summed E-state index contributed by atoms with van der Waals surface area (Å²) >= 11 is 7.06. The maximum Gasteiger partial charge on any atom is 0.307 e. The maximum absolute atomic E-state index is 10.6. The zero-order chi connectivity index (χ0) is 13.8. The molecule has 3 N–H and O–H groups in total. The number of carboxylic acid groups (broad SMARTS) is 1. The van der Waals surface area contributed by atoms with E-state index in [2.05, 4.69) is 10.3 Å². The minimum absolute atomic E-state index is 0.0738. The number of rotatable bonds is 5. The van der Waals surface area contributed by atoms with Gasteiger partial charge in [0.2, 0.25) is 0 Å². The second kappa shape index (κ2) is 5.90. The number of carbonyl (C=O) groups is 1. The van der Waals surface area contributed by atoms with Gasteiger partial charge in [-0.1, -0.05) is 17.7 Å².